The number of hydrogen-bond acceptors (Lipinski definition) is 3. The third-order valence-electron chi connectivity index (χ3n) is 3.04. The van der Waals surface area contributed by atoms with E-state index in [2.05, 4.69) is 20.2 Å². The van der Waals surface area contributed by atoms with Gasteiger partial charge in [-0.3, -0.25) is 0 Å². The Labute approximate surface area is 117 Å². The molecule has 2 rings (SSSR count). The number of hydrogen-bond donors (Lipinski definition) is 3. The Balaban J connectivity index is 1.75. The highest BCUT2D eigenvalue weighted by atomic mass is 16.3. The first-order chi connectivity index (χ1) is 9.70. The van der Waals surface area contributed by atoms with E-state index in [0.717, 1.165) is 24.0 Å². The van der Waals surface area contributed by atoms with Crippen LogP contribution in [0.5, 0.6) is 0 Å². The van der Waals surface area contributed by atoms with Crippen molar-refractivity contribution < 1.29 is 9.90 Å². The van der Waals surface area contributed by atoms with Crippen LogP contribution < -0.4 is 10.6 Å². The first kappa shape index (κ1) is 14.3. The topological polar surface area (TPSA) is 79.2 Å². The Hall–Kier alpha value is -2.08. The molecule has 20 heavy (non-hydrogen) atoms. The van der Waals surface area contributed by atoms with E-state index in [1.807, 2.05) is 30.6 Å². The predicted octanol–water partition coefficient (Wildman–Crippen LogP) is 1.11. The Bertz CT molecular complexity index is 567. The summed E-state index contributed by atoms with van der Waals surface area (Å²) >= 11 is 0. The van der Waals surface area contributed by atoms with E-state index in [9.17, 15) is 4.79 Å². The largest absolute Gasteiger partial charge is 0.394 e. The highest BCUT2D eigenvalue weighted by Gasteiger charge is 2.05. The molecule has 0 aliphatic carbocycles. The zero-order valence-electron chi connectivity index (χ0n) is 11.5. The minimum absolute atomic E-state index is 0.0611. The first-order valence-electron chi connectivity index (χ1n) is 6.76. The van der Waals surface area contributed by atoms with E-state index in [-0.39, 0.29) is 18.7 Å². The number of nitrogens with one attached hydrogen (secondary N) is 2. The van der Waals surface area contributed by atoms with Gasteiger partial charge in [0.2, 0.25) is 0 Å². The Morgan fingerprint density at radius 3 is 3.05 bits per heavy atom. The number of aliphatic hydroxyl groups is 1. The van der Waals surface area contributed by atoms with E-state index < -0.39 is 0 Å². The van der Waals surface area contributed by atoms with Gasteiger partial charge in [0, 0.05) is 13.1 Å². The van der Waals surface area contributed by atoms with Gasteiger partial charge in [0.15, 0.2) is 0 Å². The summed E-state index contributed by atoms with van der Waals surface area (Å²) in [5.74, 6) is 0. The summed E-state index contributed by atoms with van der Waals surface area (Å²) in [7, 11) is 0. The van der Waals surface area contributed by atoms with Gasteiger partial charge in [-0.05, 0) is 25.5 Å². The molecule has 1 heterocycles. The molecule has 0 spiro atoms. The van der Waals surface area contributed by atoms with Crippen LogP contribution in [-0.4, -0.2) is 39.9 Å². The predicted molar refractivity (Wildman–Crippen MR) is 77.4 cm³/mol. The van der Waals surface area contributed by atoms with E-state index >= 15 is 0 Å². The molecule has 0 aliphatic rings. The van der Waals surface area contributed by atoms with Crippen LogP contribution >= 0.6 is 0 Å². The van der Waals surface area contributed by atoms with Crippen LogP contribution in [0.4, 0.5) is 4.79 Å². The quantitative estimate of drug-likeness (QED) is 0.691. The molecule has 2 amide bonds. The fourth-order valence-electron chi connectivity index (χ4n) is 1.96. The molecule has 0 bridgehead atoms. The van der Waals surface area contributed by atoms with Crippen molar-refractivity contribution in [1.29, 1.82) is 0 Å². The number of carbonyl (C=O) groups excluding carboxylic acids is 1. The molecule has 2 aromatic rings. The highest BCUT2D eigenvalue weighted by Crippen LogP contribution is 2.11. The Morgan fingerprint density at radius 1 is 1.45 bits per heavy atom. The SMILES string of the molecule is CC(CO)NC(=O)NCCCn1cnc2ccccc21. The van der Waals surface area contributed by atoms with Gasteiger partial charge in [-0.15, -0.1) is 0 Å². The lowest BCUT2D eigenvalue weighted by Gasteiger charge is -2.12. The normalized spacial score (nSPS) is 12.3. The fraction of sp³-hybridized carbons (Fsp3) is 0.429. The van der Waals surface area contributed by atoms with Crippen molar-refractivity contribution in [2.24, 2.45) is 0 Å². The van der Waals surface area contributed by atoms with Crippen LogP contribution in [0.3, 0.4) is 0 Å². The zero-order chi connectivity index (χ0) is 14.4. The van der Waals surface area contributed by atoms with Gasteiger partial charge in [-0.25, -0.2) is 9.78 Å². The van der Waals surface area contributed by atoms with Crippen molar-refractivity contribution in [2.45, 2.75) is 25.9 Å². The van der Waals surface area contributed by atoms with Crippen molar-refractivity contribution in [3.05, 3.63) is 30.6 Å². The number of aromatic nitrogens is 2. The minimum atomic E-state index is -0.248. The number of benzene rings is 1. The van der Waals surface area contributed by atoms with Crippen LogP contribution in [0, 0.1) is 0 Å². The van der Waals surface area contributed by atoms with E-state index in [1.165, 1.54) is 0 Å². The van der Waals surface area contributed by atoms with Crippen LogP contribution in [0.2, 0.25) is 0 Å². The summed E-state index contributed by atoms with van der Waals surface area (Å²) in [6.07, 6.45) is 2.64. The van der Waals surface area contributed by atoms with Crippen molar-refractivity contribution >= 4 is 17.1 Å². The lowest BCUT2D eigenvalue weighted by Crippen LogP contribution is -2.42. The summed E-state index contributed by atoms with van der Waals surface area (Å²) in [5, 5.41) is 14.2. The molecule has 1 unspecified atom stereocenters. The summed E-state index contributed by atoms with van der Waals surface area (Å²) in [4.78, 5) is 15.8. The number of aryl methyl sites for hydroxylation is 1. The summed E-state index contributed by atoms with van der Waals surface area (Å²) in [6, 6.07) is 7.49. The molecule has 3 N–H and O–H groups in total. The van der Waals surface area contributed by atoms with Crippen LogP contribution in [-0.2, 0) is 6.54 Å². The van der Waals surface area contributed by atoms with Crippen molar-refractivity contribution in [3.8, 4) is 0 Å². The molecule has 1 atom stereocenters. The highest BCUT2D eigenvalue weighted by molar-refractivity contribution is 5.75. The molecule has 108 valence electrons. The lowest BCUT2D eigenvalue weighted by atomic mass is 10.3. The van der Waals surface area contributed by atoms with Gasteiger partial charge in [-0.1, -0.05) is 12.1 Å². The number of carbonyl (C=O) groups is 1. The number of para-hydroxylation sites is 2. The van der Waals surface area contributed by atoms with Crippen LogP contribution in [0.15, 0.2) is 30.6 Å². The fourth-order valence-corrected chi connectivity index (χ4v) is 1.96. The molecular formula is C14H20N4O2. The second-order valence-electron chi connectivity index (χ2n) is 4.76. The number of aliphatic hydroxyl groups excluding tert-OH is 1. The number of rotatable bonds is 6. The van der Waals surface area contributed by atoms with E-state index in [4.69, 9.17) is 5.11 Å². The van der Waals surface area contributed by atoms with Gasteiger partial charge in [0.05, 0.1) is 30.0 Å². The molecule has 1 aromatic heterocycles. The molecule has 0 saturated carbocycles. The standard InChI is InChI=1S/C14H20N4O2/c1-11(9-19)17-14(20)15-7-4-8-18-10-16-12-5-2-3-6-13(12)18/h2-3,5-6,10-11,19H,4,7-9H2,1H3,(H2,15,17,20). The van der Waals surface area contributed by atoms with Crippen molar-refractivity contribution in [1.82, 2.24) is 20.2 Å². The first-order valence-corrected chi connectivity index (χ1v) is 6.76. The molecule has 0 fully saturated rings. The number of fused-ring (bicyclic) bond motifs is 1. The second-order valence-corrected chi connectivity index (χ2v) is 4.76. The minimum Gasteiger partial charge on any atom is -0.394 e. The smallest absolute Gasteiger partial charge is 0.315 e. The number of imidazole rings is 1. The van der Waals surface area contributed by atoms with Gasteiger partial charge in [-0.2, -0.15) is 0 Å². The monoisotopic (exact) mass is 276 g/mol. The molecule has 6 nitrogen and oxygen atoms in total. The number of nitrogens with zero attached hydrogens (tertiary/aromatic N) is 2. The van der Waals surface area contributed by atoms with E-state index in [0.29, 0.717) is 6.54 Å². The maximum Gasteiger partial charge on any atom is 0.315 e. The molecule has 1 aromatic carbocycles. The van der Waals surface area contributed by atoms with Crippen LogP contribution in [0.1, 0.15) is 13.3 Å². The number of amides is 2. The molecular weight excluding hydrogens is 256 g/mol. The molecule has 0 radical (unpaired) electrons. The maximum atomic E-state index is 11.4. The van der Waals surface area contributed by atoms with Crippen molar-refractivity contribution in [2.75, 3.05) is 13.2 Å². The van der Waals surface area contributed by atoms with Gasteiger partial charge in [0.25, 0.3) is 0 Å². The zero-order valence-corrected chi connectivity index (χ0v) is 11.5. The molecule has 0 aliphatic heterocycles. The van der Waals surface area contributed by atoms with Gasteiger partial charge < -0.3 is 20.3 Å². The number of urea groups is 1. The van der Waals surface area contributed by atoms with Gasteiger partial charge >= 0.3 is 6.03 Å². The van der Waals surface area contributed by atoms with Gasteiger partial charge in [0.1, 0.15) is 0 Å². The summed E-state index contributed by atoms with van der Waals surface area (Å²) in [5.41, 5.74) is 2.08. The average Bonchev–Trinajstić information content (AvgIpc) is 2.87. The summed E-state index contributed by atoms with van der Waals surface area (Å²) in [6.45, 7) is 3.07. The molecule has 0 saturated heterocycles. The maximum absolute atomic E-state index is 11.4. The third kappa shape index (κ3) is 3.71. The second kappa shape index (κ2) is 6.91. The molecule has 6 heteroatoms. The van der Waals surface area contributed by atoms with Crippen molar-refractivity contribution in [3.63, 3.8) is 0 Å². The van der Waals surface area contributed by atoms with Crippen LogP contribution in [0.25, 0.3) is 11.0 Å². The third-order valence-corrected chi connectivity index (χ3v) is 3.04. The lowest BCUT2D eigenvalue weighted by molar-refractivity contribution is 0.220. The van der Waals surface area contributed by atoms with E-state index in [1.54, 1.807) is 6.92 Å². The summed E-state index contributed by atoms with van der Waals surface area (Å²) < 4.78 is 2.07. The Morgan fingerprint density at radius 2 is 2.25 bits per heavy atom. The Kier molecular flexibility index (Phi) is 4.95. The average molecular weight is 276 g/mol.